The van der Waals surface area contributed by atoms with Crippen molar-refractivity contribution in [1.29, 1.82) is 0 Å². The summed E-state index contributed by atoms with van der Waals surface area (Å²) in [6.45, 7) is 2.87. The molecule has 0 aromatic heterocycles. The van der Waals surface area contributed by atoms with Crippen molar-refractivity contribution >= 4 is 0 Å². The largest absolute Gasteiger partial charge is 0.330 e. The summed E-state index contributed by atoms with van der Waals surface area (Å²) in [5, 5.41) is 0. The van der Waals surface area contributed by atoms with Gasteiger partial charge >= 0.3 is 0 Å². The lowest BCUT2D eigenvalue weighted by atomic mass is 9.94. The van der Waals surface area contributed by atoms with Crippen molar-refractivity contribution in [2.45, 2.75) is 32.6 Å². The van der Waals surface area contributed by atoms with Gasteiger partial charge in [0.25, 0.3) is 0 Å². The molecule has 0 bridgehead atoms. The van der Waals surface area contributed by atoms with Crippen LogP contribution in [0.25, 0.3) is 0 Å². The Labute approximate surface area is 91.5 Å². The predicted molar refractivity (Wildman–Crippen MR) is 62.2 cm³/mol. The molecule has 0 amide bonds. The van der Waals surface area contributed by atoms with E-state index < -0.39 is 0 Å². The molecule has 2 heteroatoms. The monoisotopic (exact) mass is 209 g/mol. The van der Waals surface area contributed by atoms with E-state index in [1.807, 2.05) is 6.07 Å². The van der Waals surface area contributed by atoms with Crippen molar-refractivity contribution in [3.8, 4) is 0 Å². The molecule has 0 heterocycles. The Kier molecular flexibility index (Phi) is 5.33. The van der Waals surface area contributed by atoms with Crippen LogP contribution in [0, 0.1) is 11.7 Å². The zero-order valence-electron chi connectivity index (χ0n) is 9.38. The number of halogens is 1. The SMILES string of the molecule is CCCCC(CN)Cc1cccc(F)c1. The highest BCUT2D eigenvalue weighted by Gasteiger charge is 2.07. The molecule has 0 saturated heterocycles. The number of hydrogen-bond acceptors (Lipinski definition) is 1. The van der Waals surface area contributed by atoms with Crippen LogP contribution in [0.1, 0.15) is 31.7 Å². The predicted octanol–water partition coefficient (Wildman–Crippen LogP) is 3.13. The van der Waals surface area contributed by atoms with Crippen molar-refractivity contribution in [2.75, 3.05) is 6.54 Å². The molecule has 15 heavy (non-hydrogen) atoms. The average Bonchev–Trinajstić information content (AvgIpc) is 2.24. The van der Waals surface area contributed by atoms with Crippen LogP contribution in [0.2, 0.25) is 0 Å². The molecule has 84 valence electrons. The van der Waals surface area contributed by atoms with Gasteiger partial charge in [-0.2, -0.15) is 0 Å². The molecule has 0 aliphatic carbocycles. The fraction of sp³-hybridized carbons (Fsp3) is 0.538. The molecular weight excluding hydrogens is 189 g/mol. The van der Waals surface area contributed by atoms with E-state index in [4.69, 9.17) is 5.73 Å². The Bertz CT molecular complexity index is 286. The number of nitrogens with two attached hydrogens (primary N) is 1. The minimum atomic E-state index is -0.154. The third kappa shape index (κ3) is 4.43. The van der Waals surface area contributed by atoms with Gasteiger partial charge in [0.1, 0.15) is 5.82 Å². The number of hydrogen-bond donors (Lipinski definition) is 1. The van der Waals surface area contributed by atoms with E-state index in [9.17, 15) is 4.39 Å². The smallest absolute Gasteiger partial charge is 0.123 e. The van der Waals surface area contributed by atoms with E-state index >= 15 is 0 Å². The quantitative estimate of drug-likeness (QED) is 0.765. The molecule has 0 aliphatic heterocycles. The van der Waals surface area contributed by atoms with Gasteiger partial charge in [0.15, 0.2) is 0 Å². The Morgan fingerprint density at radius 2 is 2.20 bits per heavy atom. The molecule has 1 aromatic carbocycles. The van der Waals surface area contributed by atoms with Gasteiger partial charge in [-0.05, 0) is 43.0 Å². The molecule has 0 saturated carbocycles. The van der Waals surface area contributed by atoms with Crippen LogP contribution in [0.15, 0.2) is 24.3 Å². The topological polar surface area (TPSA) is 26.0 Å². The lowest BCUT2D eigenvalue weighted by Gasteiger charge is -2.14. The van der Waals surface area contributed by atoms with Crippen LogP contribution in [0.4, 0.5) is 4.39 Å². The van der Waals surface area contributed by atoms with E-state index in [1.54, 1.807) is 12.1 Å². The normalized spacial score (nSPS) is 12.7. The van der Waals surface area contributed by atoms with Gasteiger partial charge in [-0.1, -0.05) is 31.9 Å². The molecule has 1 aromatic rings. The Hall–Kier alpha value is -0.890. The van der Waals surface area contributed by atoms with Gasteiger partial charge in [-0.3, -0.25) is 0 Å². The van der Waals surface area contributed by atoms with Crippen molar-refractivity contribution in [2.24, 2.45) is 11.7 Å². The summed E-state index contributed by atoms with van der Waals surface area (Å²) >= 11 is 0. The second-order valence-electron chi connectivity index (χ2n) is 4.08. The zero-order valence-corrected chi connectivity index (χ0v) is 9.38. The number of unbranched alkanes of at least 4 members (excludes halogenated alkanes) is 1. The first-order valence-corrected chi connectivity index (χ1v) is 5.70. The molecule has 2 N–H and O–H groups in total. The maximum absolute atomic E-state index is 12.9. The molecule has 1 nitrogen and oxygen atoms in total. The first-order valence-electron chi connectivity index (χ1n) is 5.70. The minimum Gasteiger partial charge on any atom is -0.330 e. The van der Waals surface area contributed by atoms with E-state index in [1.165, 1.54) is 18.9 Å². The second kappa shape index (κ2) is 6.57. The Balaban J connectivity index is 2.50. The van der Waals surface area contributed by atoms with Crippen molar-refractivity contribution in [3.05, 3.63) is 35.6 Å². The summed E-state index contributed by atoms with van der Waals surface area (Å²) < 4.78 is 12.9. The number of rotatable bonds is 6. The summed E-state index contributed by atoms with van der Waals surface area (Å²) in [7, 11) is 0. The van der Waals surface area contributed by atoms with Gasteiger partial charge in [0.2, 0.25) is 0 Å². The first-order chi connectivity index (χ1) is 7.26. The maximum atomic E-state index is 12.9. The van der Waals surface area contributed by atoms with E-state index in [2.05, 4.69) is 6.92 Å². The first kappa shape index (κ1) is 12.2. The van der Waals surface area contributed by atoms with Crippen molar-refractivity contribution in [3.63, 3.8) is 0 Å². The van der Waals surface area contributed by atoms with E-state index in [0.717, 1.165) is 18.4 Å². The second-order valence-corrected chi connectivity index (χ2v) is 4.08. The maximum Gasteiger partial charge on any atom is 0.123 e. The summed E-state index contributed by atoms with van der Waals surface area (Å²) in [5.74, 6) is 0.338. The zero-order chi connectivity index (χ0) is 11.1. The molecule has 0 fully saturated rings. The summed E-state index contributed by atoms with van der Waals surface area (Å²) in [5.41, 5.74) is 6.76. The highest BCUT2D eigenvalue weighted by Crippen LogP contribution is 2.15. The van der Waals surface area contributed by atoms with Crippen molar-refractivity contribution < 1.29 is 4.39 Å². The van der Waals surface area contributed by atoms with Gasteiger partial charge in [-0.15, -0.1) is 0 Å². The molecule has 1 atom stereocenters. The van der Waals surface area contributed by atoms with Crippen LogP contribution >= 0.6 is 0 Å². The van der Waals surface area contributed by atoms with Gasteiger partial charge < -0.3 is 5.73 Å². The molecule has 0 radical (unpaired) electrons. The van der Waals surface area contributed by atoms with Crippen LogP contribution in [-0.2, 0) is 6.42 Å². The van der Waals surface area contributed by atoms with Crippen LogP contribution in [0.5, 0.6) is 0 Å². The fourth-order valence-corrected chi connectivity index (χ4v) is 1.79. The lowest BCUT2D eigenvalue weighted by molar-refractivity contribution is 0.471. The fourth-order valence-electron chi connectivity index (χ4n) is 1.79. The van der Waals surface area contributed by atoms with Gasteiger partial charge in [0.05, 0.1) is 0 Å². The summed E-state index contributed by atoms with van der Waals surface area (Å²) in [6, 6.07) is 6.82. The van der Waals surface area contributed by atoms with E-state index in [0.29, 0.717) is 12.5 Å². The highest BCUT2D eigenvalue weighted by molar-refractivity contribution is 5.16. The molecule has 1 unspecified atom stereocenters. The van der Waals surface area contributed by atoms with Crippen LogP contribution in [0.3, 0.4) is 0 Å². The molecular formula is C13H20FN. The van der Waals surface area contributed by atoms with Crippen molar-refractivity contribution in [1.82, 2.24) is 0 Å². The molecule has 0 spiro atoms. The third-order valence-electron chi connectivity index (χ3n) is 2.71. The molecule has 0 aliphatic rings. The van der Waals surface area contributed by atoms with Gasteiger partial charge in [-0.25, -0.2) is 4.39 Å². The van der Waals surface area contributed by atoms with Crippen LogP contribution in [-0.4, -0.2) is 6.54 Å². The van der Waals surface area contributed by atoms with E-state index in [-0.39, 0.29) is 5.82 Å². The van der Waals surface area contributed by atoms with Gasteiger partial charge in [0, 0.05) is 0 Å². The Morgan fingerprint density at radius 1 is 1.40 bits per heavy atom. The summed E-state index contributed by atoms with van der Waals surface area (Å²) in [6.07, 6.45) is 4.44. The third-order valence-corrected chi connectivity index (χ3v) is 2.71. The minimum absolute atomic E-state index is 0.154. The standard InChI is InChI=1S/C13H20FN/c1-2-3-5-12(10-15)8-11-6-4-7-13(14)9-11/h4,6-7,9,12H,2-3,5,8,10,15H2,1H3. The molecule has 1 rings (SSSR count). The highest BCUT2D eigenvalue weighted by atomic mass is 19.1. The number of benzene rings is 1. The summed E-state index contributed by atoms with van der Waals surface area (Å²) in [4.78, 5) is 0. The average molecular weight is 209 g/mol. The lowest BCUT2D eigenvalue weighted by Crippen LogP contribution is -2.16. The van der Waals surface area contributed by atoms with Crippen LogP contribution < -0.4 is 5.73 Å². The Morgan fingerprint density at radius 3 is 2.80 bits per heavy atom.